The number of rotatable bonds is 2. The molecule has 1 aliphatic rings. The lowest BCUT2D eigenvalue weighted by Crippen LogP contribution is -2.37. The smallest absolute Gasteiger partial charge is 0.254 e. The zero-order chi connectivity index (χ0) is 15.0. The van der Waals surface area contributed by atoms with Crippen LogP contribution in [-0.2, 0) is 13.0 Å². The van der Waals surface area contributed by atoms with Gasteiger partial charge in [-0.05, 0) is 64.4 Å². The number of fused-ring (bicyclic) bond motifs is 1. The van der Waals surface area contributed by atoms with E-state index in [4.69, 9.17) is 11.6 Å². The minimum Gasteiger partial charge on any atom is -0.334 e. The topological polar surface area (TPSA) is 20.3 Å². The van der Waals surface area contributed by atoms with Crippen LogP contribution < -0.4 is 0 Å². The maximum absolute atomic E-state index is 13.1. The van der Waals surface area contributed by atoms with Gasteiger partial charge in [-0.25, -0.2) is 4.39 Å². The molecule has 1 heterocycles. The lowest BCUT2D eigenvalue weighted by Gasteiger charge is -2.29. The van der Waals surface area contributed by atoms with Crippen molar-refractivity contribution < 1.29 is 9.18 Å². The van der Waals surface area contributed by atoms with E-state index in [1.807, 2.05) is 18.2 Å². The van der Waals surface area contributed by atoms with Crippen LogP contribution >= 0.6 is 34.2 Å². The average Bonchev–Trinajstić information content (AvgIpc) is 2.45. The monoisotopic (exact) mass is 415 g/mol. The molecule has 108 valence electrons. The zero-order valence-electron chi connectivity index (χ0n) is 11.1. The molecule has 0 fully saturated rings. The van der Waals surface area contributed by atoms with E-state index < -0.39 is 0 Å². The van der Waals surface area contributed by atoms with Crippen LogP contribution in [0.2, 0.25) is 5.02 Å². The highest BCUT2D eigenvalue weighted by Gasteiger charge is 2.24. The Hall–Kier alpha value is -1.14. The summed E-state index contributed by atoms with van der Waals surface area (Å²) in [7, 11) is 0. The standard InChI is InChI=1S/C16H12ClFINO/c17-15-7-12(18)3-1-11(15)9-20-6-5-10-2-4-13(19)8-14(10)16(20)21/h1-4,7-8H,5-6,9H2. The predicted molar refractivity (Wildman–Crippen MR) is 89.0 cm³/mol. The summed E-state index contributed by atoms with van der Waals surface area (Å²) < 4.78 is 14.1. The molecule has 5 heteroatoms. The Morgan fingerprint density at radius 3 is 2.81 bits per heavy atom. The third-order valence-corrected chi connectivity index (χ3v) is 4.64. The van der Waals surface area contributed by atoms with Crippen molar-refractivity contribution in [2.24, 2.45) is 0 Å². The second-order valence-corrected chi connectivity index (χ2v) is 6.67. The fourth-order valence-electron chi connectivity index (χ4n) is 2.50. The maximum Gasteiger partial charge on any atom is 0.254 e. The summed E-state index contributed by atoms with van der Waals surface area (Å²) in [5, 5.41) is 0.358. The van der Waals surface area contributed by atoms with Crippen LogP contribution in [0.15, 0.2) is 36.4 Å². The largest absolute Gasteiger partial charge is 0.334 e. The van der Waals surface area contributed by atoms with Gasteiger partial charge in [0.15, 0.2) is 0 Å². The fourth-order valence-corrected chi connectivity index (χ4v) is 3.22. The molecule has 0 spiro atoms. The SMILES string of the molecule is O=C1c2cc(I)ccc2CCN1Cc1ccc(F)cc1Cl. The number of amides is 1. The highest BCUT2D eigenvalue weighted by Crippen LogP contribution is 2.25. The summed E-state index contributed by atoms with van der Waals surface area (Å²) in [6.07, 6.45) is 0.830. The highest BCUT2D eigenvalue weighted by atomic mass is 127. The first-order chi connectivity index (χ1) is 10.0. The van der Waals surface area contributed by atoms with E-state index >= 15 is 0 Å². The van der Waals surface area contributed by atoms with Gasteiger partial charge < -0.3 is 4.90 Å². The second kappa shape index (κ2) is 5.93. The molecule has 0 N–H and O–H groups in total. The summed E-state index contributed by atoms with van der Waals surface area (Å²) in [6.45, 7) is 1.06. The molecule has 0 saturated heterocycles. The van der Waals surface area contributed by atoms with Crippen molar-refractivity contribution in [1.82, 2.24) is 4.90 Å². The van der Waals surface area contributed by atoms with Crippen LogP contribution in [0.5, 0.6) is 0 Å². The van der Waals surface area contributed by atoms with Gasteiger partial charge in [-0.2, -0.15) is 0 Å². The molecule has 0 saturated carbocycles. The lowest BCUT2D eigenvalue weighted by molar-refractivity contribution is 0.0727. The molecule has 0 unspecified atom stereocenters. The van der Waals surface area contributed by atoms with Gasteiger partial charge in [-0.15, -0.1) is 0 Å². The molecule has 0 atom stereocenters. The van der Waals surface area contributed by atoms with Gasteiger partial charge >= 0.3 is 0 Å². The number of carbonyl (C=O) groups is 1. The molecule has 2 aromatic rings. The summed E-state index contributed by atoms with van der Waals surface area (Å²) >= 11 is 8.24. The third kappa shape index (κ3) is 3.06. The summed E-state index contributed by atoms with van der Waals surface area (Å²) in [4.78, 5) is 14.3. The van der Waals surface area contributed by atoms with Crippen LogP contribution in [0.3, 0.4) is 0 Å². The van der Waals surface area contributed by atoms with Gasteiger partial charge in [0.2, 0.25) is 0 Å². The van der Waals surface area contributed by atoms with E-state index in [2.05, 4.69) is 22.6 Å². The Morgan fingerprint density at radius 2 is 2.05 bits per heavy atom. The molecule has 21 heavy (non-hydrogen) atoms. The van der Waals surface area contributed by atoms with Crippen molar-refractivity contribution in [2.45, 2.75) is 13.0 Å². The third-order valence-electron chi connectivity index (χ3n) is 3.62. The van der Waals surface area contributed by atoms with Crippen molar-refractivity contribution in [3.63, 3.8) is 0 Å². The Labute approximate surface area is 141 Å². The summed E-state index contributed by atoms with van der Waals surface area (Å²) in [5.41, 5.74) is 2.61. The molecular weight excluding hydrogens is 404 g/mol. The Balaban J connectivity index is 1.86. The molecule has 0 aliphatic carbocycles. The predicted octanol–water partition coefficient (Wildman–Crippen LogP) is 4.28. The van der Waals surface area contributed by atoms with E-state index in [0.717, 1.165) is 26.7 Å². The van der Waals surface area contributed by atoms with E-state index in [9.17, 15) is 9.18 Å². The first-order valence-corrected chi connectivity index (χ1v) is 8.02. The molecule has 0 aromatic heterocycles. The van der Waals surface area contributed by atoms with Gasteiger partial charge in [0, 0.05) is 27.2 Å². The zero-order valence-corrected chi connectivity index (χ0v) is 14.0. The van der Waals surface area contributed by atoms with Crippen LogP contribution in [0.25, 0.3) is 0 Å². The first-order valence-electron chi connectivity index (χ1n) is 6.56. The van der Waals surface area contributed by atoms with Gasteiger partial charge in [0.25, 0.3) is 5.91 Å². The van der Waals surface area contributed by atoms with Crippen LogP contribution in [0.1, 0.15) is 21.5 Å². The number of nitrogens with zero attached hydrogens (tertiary/aromatic N) is 1. The number of carbonyl (C=O) groups excluding carboxylic acids is 1. The van der Waals surface area contributed by atoms with Crippen LogP contribution in [-0.4, -0.2) is 17.4 Å². The van der Waals surface area contributed by atoms with Crippen molar-refractivity contribution in [3.8, 4) is 0 Å². The van der Waals surface area contributed by atoms with Crippen LogP contribution in [0, 0.1) is 9.39 Å². The van der Waals surface area contributed by atoms with Gasteiger partial charge in [0.05, 0.1) is 0 Å². The number of benzene rings is 2. The van der Waals surface area contributed by atoms with Crippen molar-refractivity contribution in [2.75, 3.05) is 6.54 Å². The van der Waals surface area contributed by atoms with E-state index in [1.54, 1.807) is 11.0 Å². The minimum atomic E-state index is -0.367. The van der Waals surface area contributed by atoms with Gasteiger partial charge in [-0.1, -0.05) is 23.7 Å². The highest BCUT2D eigenvalue weighted by molar-refractivity contribution is 14.1. The minimum absolute atomic E-state index is 0.00941. The molecule has 2 nitrogen and oxygen atoms in total. The number of hydrogen-bond donors (Lipinski definition) is 0. The van der Waals surface area contributed by atoms with E-state index in [-0.39, 0.29) is 11.7 Å². The van der Waals surface area contributed by atoms with E-state index in [1.165, 1.54) is 12.1 Å². The quantitative estimate of drug-likeness (QED) is 0.671. The Kier molecular flexibility index (Phi) is 4.17. The first kappa shape index (κ1) is 14.8. The van der Waals surface area contributed by atoms with Crippen molar-refractivity contribution in [1.29, 1.82) is 0 Å². The molecule has 1 aliphatic heterocycles. The van der Waals surface area contributed by atoms with E-state index in [0.29, 0.717) is 18.1 Å². The molecule has 1 amide bonds. The van der Waals surface area contributed by atoms with Gasteiger partial charge in [0.1, 0.15) is 5.82 Å². The molecular formula is C16H12ClFINO. The van der Waals surface area contributed by atoms with Crippen molar-refractivity contribution in [3.05, 3.63) is 67.5 Å². The number of hydrogen-bond acceptors (Lipinski definition) is 1. The average molecular weight is 416 g/mol. The van der Waals surface area contributed by atoms with Crippen LogP contribution in [0.4, 0.5) is 4.39 Å². The van der Waals surface area contributed by atoms with Gasteiger partial charge in [-0.3, -0.25) is 4.79 Å². The molecule has 3 rings (SSSR count). The lowest BCUT2D eigenvalue weighted by atomic mass is 9.98. The Morgan fingerprint density at radius 1 is 1.24 bits per heavy atom. The van der Waals surface area contributed by atoms with Crippen molar-refractivity contribution >= 4 is 40.1 Å². The number of halogens is 3. The summed E-state index contributed by atoms with van der Waals surface area (Å²) in [6, 6.07) is 10.2. The fraction of sp³-hybridized carbons (Fsp3) is 0.188. The Bertz CT molecular complexity index is 719. The normalized spacial score (nSPS) is 14.2. The second-order valence-electron chi connectivity index (χ2n) is 5.01. The summed E-state index contributed by atoms with van der Waals surface area (Å²) in [5.74, 6) is -0.358. The molecule has 0 radical (unpaired) electrons. The molecule has 0 bridgehead atoms. The maximum atomic E-state index is 13.1. The molecule has 2 aromatic carbocycles.